The number of amides is 1. The van der Waals surface area contributed by atoms with Gasteiger partial charge in [0.05, 0.1) is 6.42 Å². The van der Waals surface area contributed by atoms with Crippen LogP contribution in [0.4, 0.5) is 10.1 Å². The van der Waals surface area contributed by atoms with Gasteiger partial charge in [0, 0.05) is 24.8 Å². The van der Waals surface area contributed by atoms with Gasteiger partial charge in [0.1, 0.15) is 5.82 Å². The van der Waals surface area contributed by atoms with Crippen LogP contribution in [0.15, 0.2) is 48.5 Å². The summed E-state index contributed by atoms with van der Waals surface area (Å²) in [5.41, 5.74) is 7.67. The summed E-state index contributed by atoms with van der Waals surface area (Å²) in [6.07, 6.45) is 0.283. The van der Waals surface area contributed by atoms with Gasteiger partial charge < -0.3 is 10.6 Å². The average Bonchev–Trinajstić information content (AvgIpc) is 2.44. The number of nitrogens with two attached hydrogens (primary N) is 1. The van der Waals surface area contributed by atoms with Crippen LogP contribution < -0.4 is 5.73 Å². The van der Waals surface area contributed by atoms with Gasteiger partial charge in [0.2, 0.25) is 5.91 Å². The van der Waals surface area contributed by atoms with Gasteiger partial charge in [0.25, 0.3) is 0 Å². The summed E-state index contributed by atoms with van der Waals surface area (Å²) >= 11 is 0. The number of carbonyl (C=O) groups excluding carboxylic acids is 1. The second-order valence-electron chi connectivity index (χ2n) is 4.76. The molecule has 0 aliphatic carbocycles. The lowest BCUT2D eigenvalue weighted by molar-refractivity contribution is -0.129. The minimum atomic E-state index is -0.292. The van der Waals surface area contributed by atoms with E-state index in [0.29, 0.717) is 11.3 Å². The van der Waals surface area contributed by atoms with Crippen LogP contribution in [0, 0.1) is 5.82 Å². The Morgan fingerprint density at radius 2 is 1.80 bits per heavy atom. The molecule has 0 saturated carbocycles. The Kier molecular flexibility index (Phi) is 4.35. The van der Waals surface area contributed by atoms with Crippen molar-refractivity contribution in [2.75, 3.05) is 12.8 Å². The molecule has 2 aromatic rings. The molecule has 0 radical (unpaired) electrons. The summed E-state index contributed by atoms with van der Waals surface area (Å²) in [4.78, 5) is 13.6. The zero-order valence-corrected chi connectivity index (χ0v) is 11.3. The van der Waals surface area contributed by atoms with E-state index in [-0.39, 0.29) is 24.7 Å². The highest BCUT2D eigenvalue weighted by molar-refractivity contribution is 5.78. The highest BCUT2D eigenvalue weighted by Gasteiger charge is 2.12. The van der Waals surface area contributed by atoms with Crippen LogP contribution in [0.25, 0.3) is 0 Å². The van der Waals surface area contributed by atoms with E-state index >= 15 is 0 Å². The van der Waals surface area contributed by atoms with Crippen molar-refractivity contribution >= 4 is 11.6 Å². The van der Waals surface area contributed by atoms with Gasteiger partial charge in [-0.3, -0.25) is 4.79 Å². The molecule has 0 bridgehead atoms. The Bertz CT molecular complexity index is 596. The summed E-state index contributed by atoms with van der Waals surface area (Å²) in [6.45, 7) is 0.264. The summed E-state index contributed by atoms with van der Waals surface area (Å²) in [6, 6.07) is 13.6. The van der Waals surface area contributed by atoms with E-state index in [4.69, 9.17) is 5.73 Å². The van der Waals surface area contributed by atoms with E-state index in [1.54, 1.807) is 37.4 Å². The van der Waals surface area contributed by atoms with Crippen molar-refractivity contribution in [1.82, 2.24) is 4.90 Å². The molecular weight excluding hydrogens is 255 g/mol. The molecule has 0 aliphatic rings. The first-order chi connectivity index (χ1) is 9.56. The van der Waals surface area contributed by atoms with Crippen molar-refractivity contribution in [3.63, 3.8) is 0 Å². The molecule has 0 fully saturated rings. The third kappa shape index (κ3) is 3.57. The van der Waals surface area contributed by atoms with Gasteiger partial charge in [-0.05, 0) is 23.8 Å². The quantitative estimate of drug-likeness (QED) is 0.870. The van der Waals surface area contributed by atoms with Crippen LogP contribution >= 0.6 is 0 Å². The maximum atomic E-state index is 13.5. The lowest BCUT2D eigenvalue weighted by atomic mass is 10.1. The molecule has 0 atom stereocenters. The predicted octanol–water partition coefficient (Wildman–Crippen LogP) is 2.61. The zero-order chi connectivity index (χ0) is 14.5. The van der Waals surface area contributed by atoms with Crippen molar-refractivity contribution in [3.05, 3.63) is 65.5 Å². The molecule has 2 aromatic carbocycles. The third-order valence-electron chi connectivity index (χ3n) is 3.13. The molecule has 2 N–H and O–H groups in total. The third-order valence-corrected chi connectivity index (χ3v) is 3.13. The number of carbonyl (C=O) groups is 1. The number of hydrogen-bond acceptors (Lipinski definition) is 2. The summed E-state index contributed by atoms with van der Waals surface area (Å²) in [5, 5.41) is 0. The van der Waals surface area contributed by atoms with E-state index < -0.39 is 0 Å². The van der Waals surface area contributed by atoms with Crippen LogP contribution in [0.3, 0.4) is 0 Å². The van der Waals surface area contributed by atoms with Gasteiger partial charge in [-0.15, -0.1) is 0 Å². The Hall–Kier alpha value is -2.36. The number of halogens is 1. The topological polar surface area (TPSA) is 46.3 Å². The fourth-order valence-corrected chi connectivity index (χ4v) is 1.92. The number of nitrogen functional groups attached to an aromatic ring is 1. The molecule has 2 rings (SSSR count). The van der Waals surface area contributed by atoms with E-state index in [9.17, 15) is 9.18 Å². The van der Waals surface area contributed by atoms with Crippen LogP contribution in [0.5, 0.6) is 0 Å². The van der Waals surface area contributed by atoms with E-state index in [0.717, 1.165) is 5.56 Å². The molecule has 0 aliphatic heterocycles. The highest BCUT2D eigenvalue weighted by Crippen LogP contribution is 2.11. The molecule has 0 heterocycles. The number of hydrogen-bond donors (Lipinski definition) is 1. The van der Waals surface area contributed by atoms with Gasteiger partial charge in [-0.1, -0.05) is 30.3 Å². The van der Waals surface area contributed by atoms with E-state index in [2.05, 4.69) is 0 Å². The molecule has 0 unspecified atom stereocenters. The number of anilines is 1. The van der Waals surface area contributed by atoms with Crippen LogP contribution in [-0.4, -0.2) is 17.9 Å². The SMILES string of the molecule is CN(Cc1ccccc1F)C(=O)Cc1ccc(N)cc1. The standard InChI is InChI=1S/C16H17FN2O/c1-19(11-13-4-2-3-5-15(13)17)16(20)10-12-6-8-14(18)9-7-12/h2-9H,10-11,18H2,1H3. The van der Waals surface area contributed by atoms with Gasteiger partial charge >= 0.3 is 0 Å². The summed E-state index contributed by atoms with van der Waals surface area (Å²) < 4.78 is 13.5. The predicted molar refractivity (Wildman–Crippen MR) is 77.4 cm³/mol. The summed E-state index contributed by atoms with van der Waals surface area (Å²) in [5.74, 6) is -0.349. The first-order valence-corrected chi connectivity index (χ1v) is 6.38. The van der Waals surface area contributed by atoms with Gasteiger partial charge in [0.15, 0.2) is 0 Å². The maximum Gasteiger partial charge on any atom is 0.227 e. The number of rotatable bonds is 4. The van der Waals surface area contributed by atoms with Crippen LogP contribution in [0.2, 0.25) is 0 Å². The summed E-state index contributed by atoms with van der Waals surface area (Å²) in [7, 11) is 1.67. The monoisotopic (exact) mass is 272 g/mol. The lowest BCUT2D eigenvalue weighted by Crippen LogP contribution is -2.28. The molecule has 0 spiro atoms. The van der Waals surface area contributed by atoms with Crippen molar-refractivity contribution in [3.8, 4) is 0 Å². The molecular formula is C16H17FN2O. The van der Waals surface area contributed by atoms with Crippen molar-refractivity contribution in [1.29, 1.82) is 0 Å². The van der Waals surface area contributed by atoms with Crippen molar-refractivity contribution < 1.29 is 9.18 Å². The Morgan fingerprint density at radius 1 is 1.15 bits per heavy atom. The molecule has 20 heavy (non-hydrogen) atoms. The van der Waals surface area contributed by atoms with Crippen LogP contribution in [0.1, 0.15) is 11.1 Å². The van der Waals surface area contributed by atoms with E-state index in [1.165, 1.54) is 11.0 Å². The maximum absolute atomic E-state index is 13.5. The molecule has 4 heteroatoms. The number of likely N-dealkylation sites (N-methyl/N-ethyl adjacent to an activating group) is 1. The fourth-order valence-electron chi connectivity index (χ4n) is 1.92. The first kappa shape index (κ1) is 14.1. The highest BCUT2D eigenvalue weighted by atomic mass is 19.1. The van der Waals surface area contributed by atoms with Gasteiger partial charge in [-0.2, -0.15) is 0 Å². The molecule has 0 aromatic heterocycles. The van der Waals surface area contributed by atoms with Crippen molar-refractivity contribution in [2.45, 2.75) is 13.0 Å². The lowest BCUT2D eigenvalue weighted by Gasteiger charge is -2.17. The minimum absolute atomic E-state index is 0.0574. The Labute approximate surface area is 117 Å². The second kappa shape index (κ2) is 6.19. The van der Waals surface area contributed by atoms with Gasteiger partial charge in [-0.25, -0.2) is 4.39 Å². The molecule has 104 valence electrons. The molecule has 1 amide bonds. The number of benzene rings is 2. The average molecular weight is 272 g/mol. The first-order valence-electron chi connectivity index (χ1n) is 6.38. The van der Waals surface area contributed by atoms with E-state index in [1.807, 2.05) is 12.1 Å². The van der Waals surface area contributed by atoms with Crippen molar-refractivity contribution in [2.24, 2.45) is 0 Å². The fraction of sp³-hybridized carbons (Fsp3) is 0.188. The molecule has 0 saturated heterocycles. The Balaban J connectivity index is 1.99. The largest absolute Gasteiger partial charge is 0.399 e. The smallest absolute Gasteiger partial charge is 0.227 e. The second-order valence-corrected chi connectivity index (χ2v) is 4.76. The Morgan fingerprint density at radius 3 is 2.45 bits per heavy atom. The minimum Gasteiger partial charge on any atom is -0.399 e. The molecule has 3 nitrogen and oxygen atoms in total. The number of nitrogens with zero attached hydrogens (tertiary/aromatic N) is 1. The van der Waals surface area contributed by atoms with Crippen LogP contribution in [-0.2, 0) is 17.8 Å². The zero-order valence-electron chi connectivity index (χ0n) is 11.3. The normalized spacial score (nSPS) is 10.3.